The maximum atomic E-state index is 3.73. The van der Waals surface area contributed by atoms with Crippen LogP contribution < -0.4 is 29.6 Å². The average Bonchev–Trinajstić information content (AvgIpc) is 1.90. The van der Waals surface area contributed by atoms with Crippen molar-refractivity contribution in [1.29, 1.82) is 0 Å². The van der Waals surface area contributed by atoms with Gasteiger partial charge in [-0.1, -0.05) is 15.8 Å². The number of rotatable bonds is 6. The summed E-state index contributed by atoms with van der Waals surface area (Å²) in [4.78, 5) is 0. The van der Waals surface area contributed by atoms with Gasteiger partial charge in [0.15, 0.2) is 0 Å². The van der Waals surface area contributed by atoms with Gasteiger partial charge in [0.2, 0.25) is 0 Å². The SMILES string of the molecule is C=C[CH2][Al]([CH2]C=C)[CH2]C=C.[H-].[Na+]. The standard InChI is InChI=1S/3C3H5.Al.Na.H/c3*1-3-2;;;/h3*3H,1-2H2;;;/q;;;;+1;-1. The zero-order chi connectivity index (χ0) is 7.82. The normalized spacial score (nSPS) is 7.64. The molecule has 0 nitrogen and oxygen atoms in total. The van der Waals surface area contributed by atoms with Gasteiger partial charge < -0.3 is 1.43 Å². The number of allylic oxidation sites excluding steroid dienone is 3. The van der Waals surface area contributed by atoms with Crippen LogP contribution in [0.3, 0.4) is 0 Å². The van der Waals surface area contributed by atoms with Crippen LogP contribution in [0.4, 0.5) is 0 Å². The summed E-state index contributed by atoms with van der Waals surface area (Å²) in [6.45, 7) is 11.2. The molecule has 0 rings (SSSR count). The first-order valence-corrected chi connectivity index (χ1v) is 6.12. The first kappa shape index (κ1) is 14.3. The zero-order valence-corrected chi connectivity index (χ0v) is 10.7. The molecule has 0 aliphatic heterocycles. The topological polar surface area (TPSA) is 0 Å². The summed E-state index contributed by atoms with van der Waals surface area (Å²) < 4.78 is 0. The summed E-state index contributed by atoms with van der Waals surface area (Å²) in [5, 5.41) is 3.62. The molecule has 0 spiro atoms. The van der Waals surface area contributed by atoms with Crippen molar-refractivity contribution >= 4 is 14.1 Å². The molecule has 0 atom stereocenters. The van der Waals surface area contributed by atoms with Crippen LogP contribution in [0.1, 0.15) is 1.43 Å². The van der Waals surface area contributed by atoms with Gasteiger partial charge in [0.05, 0.1) is 0 Å². The fourth-order valence-electron chi connectivity index (χ4n) is 0.996. The van der Waals surface area contributed by atoms with E-state index in [0.717, 1.165) is 0 Å². The van der Waals surface area contributed by atoms with Crippen molar-refractivity contribution in [2.75, 3.05) is 0 Å². The van der Waals surface area contributed by atoms with Gasteiger partial charge in [0.1, 0.15) is 0 Å². The van der Waals surface area contributed by atoms with Crippen LogP contribution in [0.15, 0.2) is 38.0 Å². The third-order valence-electron chi connectivity index (χ3n) is 1.50. The van der Waals surface area contributed by atoms with Gasteiger partial charge in [0.25, 0.3) is 14.1 Å². The van der Waals surface area contributed by atoms with Crippen molar-refractivity contribution in [3.63, 3.8) is 0 Å². The second kappa shape index (κ2) is 10.8. The van der Waals surface area contributed by atoms with Crippen LogP contribution in [0.5, 0.6) is 0 Å². The van der Waals surface area contributed by atoms with E-state index in [0.29, 0.717) is 0 Å². The molecule has 2 heteroatoms. The Kier molecular flexibility index (Phi) is 14.0. The van der Waals surface area contributed by atoms with Gasteiger partial charge >= 0.3 is 29.6 Å². The summed E-state index contributed by atoms with van der Waals surface area (Å²) in [5.41, 5.74) is 0. The summed E-state index contributed by atoms with van der Waals surface area (Å²) >= 11 is -0.588. The van der Waals surface area contributed by atoms with E-state index in [4.69, 9.17) is 0 Å². The smallest absolute Gasteiger partial charge is 1.00 e. The van der Waals surface area contributed by atoms with Crippen LogP contribution in [0.2, 0.25) is 15.8 Å². The quantitative estimate of drug-likeness (QED) is 0.397. The number of hydrogen-bond acceptors (Lipinski definition) is 0. The molecule has 0 aromatic heterocycles. The van der Waals surface area contributed by atoms with Crippen molar-refractivity contribution in [2.45, 2.75) is 15.8 Å². The molecule has 0 aromatic rings. The molecule has 0 saturated heterocycles. The molecule has 0 amide bonds. The van der Waals surface area contributed by atoms with Gasteiger partial charge in [-0.2, -0.15) is 0 Å². The van der Waals surface area contributed by atoms with E-state index >= 15 is 0 Å². The molecule has 0 radical (unpaired) electrons. The molecule has 0 bridgehead atoms. The first-order chi connectivity index (χ1) is 4.85. The summed E-state index contributed by atoms with van der Waals surface area (Å²) in [6.07, 6.45) is 6.05. The van der Waals surface area contributed by atoms with Gasteiger partial charge in [0, 0.05) is 0 Å². The number of hydrogen-bond donors (Lipinski definition) is 0. The van der Waals surface area contributed by atoms with Crippen LogP contribution in [-0.2, 0) is 0 Å². The van der Waals surface area contributed by atoms with Crippen molar-refractivity contribution in [2.24, 2.45) is 0 Å². The molecule has 56 valence electrons. The van der Waals surface area contributed by atoms with Gasteiger partial charge in [-0.05, 0) is 0 Å². The Bertz CT molecular complexity index is 102. The van der Waals surface area contributed by atoms with E-state index in [-0.39, 0.29) is 31.0 Å². The third-order valence-corrected chi connectivity index (χ3v) is 4.50. The largest absolute Gasteiger partial charge is 1.00 e. The second-order valence-electron chi connectivity index (χ2n) is 2.44. The van der Waals surface area contributed by atoms with Gasteiger partial charge in [-0.15, -0.1) is 38.0 Å². The molecule has 0 aliphatic carbocycles. The molecule has 0 fully saturated rings. The minimum Gasteiger partial charge on any atom is -1.00 e. The Morgan fingerprint density at radius 1 is 0.909 bits per heavy atom. The molecule has 0 heterocycles. The third kappa shape index (κ3) is 8.66. The van der Waals surface area contributed by atoms with E-state index in [2.05, 4.69) is 19.7 Å². The average molecular weight is 174 g/mol. The Morgan fingerprint density at radius 2 is 1.18 bits per heavy atom. The fraction of sp³-hybridized carbons (Fsp3) is 0.333. The van der Waals surface area contributed by atoms with E-state index in [1.807, 2.05) is 18.2 Å². The summed E-state index contributed by atoms with van der Waals surface area (Å²) in [7, 11) is 0. The first-order valence-electron chi connectivity index (χ1n) is 3.67. The van der Waals surface area contributed by atoms with Crippen LogP contribution in [-0.4, -0.2) is 14.1 Å². The van der Waals surface area contributed by atoms with E-state index in [9.17, 15) is 0 Å². The molecule has 0 unspecified atom stereocenters. The second-order valence-corrected chi connectivity index (χ2v) is 5.59. The van der Waals surface area contributed by atoms with E-state index < -0.39 is 14.1 Å². The Balaban J connectivity index is -0.000000405. The Labute approximate surface area is 98.2 Å². The minimum absolute atomic E-state index is 0. The molecule has 0 aliphatic rings. The Hall–Kier alpha value is 0.752. The predicted molar refractivity (Wildman–Crippen MR) is 51.9 cm³/mol. The Morgan fingerprint density at radius 3 is 1.36 bits per heavy atom. The molecule has 0 N–H and O–H groups in total. The van der Waals surface area contributed by atoms with Crippen LogP contribution in [0.25, 0.3) is 0 Å². The predicted octanol–water partition coefficient (Wildman–Crippen LogP) is 0.156. The summed E-state index contributed by atoms with van der Waals surface area (Å²) in [5.74, 6) is 0. The minimum atomic E-state index is -0.588. The molecule has 11 heavy (non-hydrogen) atoms. The molecule has 0 saturated carbocycles. The van der Waals surface area contributed by atoms with Gasteiger partial charge in [-0.25, -0.2) is 0 Å². The van der Waals surface area contributed by atoms with Crippen molar-refractivity contribution in [3.8, 4) is 0 Å². The van der Waals surface area contributed by atoms with Crippen molar-refractivity contribution in [3.05, 3.63) is 38.0 Å². The fourth-order valence-corrected chi connectivity index (χ4v) is 2.99. The molecular weight excluding hydrogens is 158 g/mol. The maximum absolute atomic E-state index is 3.73. The zero-order valence-electron chi connectivity index (χ0n) is 8.55. The van der Waals surface area contributed by atoms with Crippen LogP contribution in [0, 0.1) is 0 Å². The van der Waals surface area contributed by atoms with Crippen molar-refractivity contribution < 1.29 is 31.0 Å². The van der Waals surface area contributed by atoms with Crippen LogP contribution >= 0.6 is 0 Å². The van der Waals surface area contributed by atoms with Crippen molar-refractivity contribution in [1.82, 2.24) is 0 Å². The summed E-state index contributed by atoms with van der Waals surface area (Å²) in [6, 6.07) is 0. The monoisotopic (exact) mass is 174 g/mol. The van der Waals surface area contributed by atoms with E-state index in [1.165, 1.54) is 15.8 Å². The van der Waals surface area contributed by atoms with Gasteiger partial charge in [-0.3, -0.25) is 0 Å². The molecular formula is C9H16AlNa. The van der Waals surface area contributed by atoms with E-state index in [1.54, 1.807) is 0 Å². The maximum Gasteiger partial charge on any atom is 1.00 e. The molecule has 0 aromatic carbocycles.